The van der Waals surface area contributed by atoms with E-state index in [1.807, 2.05) is 30.3 Å². The molecule has 0 unspecified atom stereocenters. The van der Waals surface area contributed by atoms with E-state index in [0.717, 1.165) is 11.1 Å². The third-order valence-electron chi connectivity index (χ3n) is 10.9. The molecule has 1 aliphatic carbocycles. The van der Waals surface area contributed by atoms with Gasteiger partial charge < -0.3 is 35.1 Å². The normalized spacial score (nSPS) is 19.2. The molecule has 4 N–H and O–H groups in total. The lowest BCUT2D eigenvalue weighted by molar-refractivity contribution is -0.172. The van der Waals surface area contributed by atoms with Crippen molar-refractivity contribution in [2.24, 2.45) is 5.92 Å². The highest BCUT2D eigenvalue weighted by Crippen LogP contribution is 2.46. The molecule has 3 amide bonds. The fraction of sp³-hybridized carbons (Fsp3) is 0.400. The van der Waals surface area contributed by atoms with E-state index in [4.69, 9.17) is 14.5 Å². The molecule has 54 heavy (non-hydrogen) atoms. The van der Waals surface area contributed by atoms with Gasteiger partial charge >= 0.3 is 5.97 Å². The lowest BCUT2D eigenvalue weighted by Crippen LogP contribution is -2.44. The molecule has 2 aliphatic heterocycles. The molecule has 4 aromatic rings. The van der Waals surface area contributed by atoms with Crippen molar-refractivity contribution in [3.8, 4) is 11.4 Å². The maximum Gasteiger partial charge on any atom is 0.343 e. The fourth-order valence-electron chi connectivity index (χ4n) is 7.78. The molecule has 0 radical (unpaired) electrons. The van der Waals surface area contributed by atoms with E-state index in [0.29, 0.717) is 58.2 Å². The molecule has 0 spiro atoms. The first-order chi connectivity index (χ1) is 25.8. The van der Waals surface area contributed by atoms with Gasteiger partial charge in [0.2, 0.25) is 17.7 Å². The molecule has 3 aliphatic rings. The summed E-state index contributed by atoms with van der Waals surface area (Å²) < 4.78 is 27.6. The second-order valence-electron chi connectivity index (χ2n) is 14.3. The monoisotopic (exact) mass is 739 g/mol. The molecule has 4 atom stereocenters. The van der Waals surface area contributed by atoms with Gasteiger partial charge in [0.1, 0.15) is 25.3 Å². The number of carbonyl (C=O) groups excluding carboxylic acids is 4. The lowest BCUT2D eigenvalue weighted by atomic mass is 9.81. The third kappa shape index (κ3) is 6.42. The summed E-state index contributed by atoms with van der Waals surface area (Å²) >= 11 is 0. The largest absolute Gasteiger partial charge is 0.458 e. The van der Waals surface area contributed by atoms with Crippen molar-refractivity contribution in [3.63, 3.8) is 0 Å². The van der Waals surface area contributed by atoms with Crippen molar-refractivity contribution >= 4 is 34.6 Å². The minimum atomic E-state index is -2.01. The molecule has 2 aromatic heterocycles. The number of esters is 1. The lowest BCUT2D eigenvalue weighted by Gasteiger charge is -2.31. The molecule has 0 bridgehead atoms. The Kier molecular flexibility index (Phi) is 9.83. The highest BCUT2D eigenvalue weighted by Gasteiger charge is 2.46. The van der Waals surface area contributed by atoms with Crippen LogP contribution in [0.15, 0.2) is 47.3 Å². The van der Waals surface area contributed by atoms with Crippen molar-refractivity contribution in [3.05, 3.63) is 97.6 Å². The molecule has 4 heterocycles. The standard InChI is InChI=1S/C40H42FN5O8/c1-5-40(52)27-14-31-35-25(17-46(31)38(50)26(27)18-53-39(40)51)34-29(12-11-24-21(3)28(41)15-30(44-35)33(24)34)45-37(49)22(4)54-19-43-32(47)16-42-36(48)20(2)13-23-9-7-6-8-10-23/h6-10,14-15,20,22,29,52H,5,11-13,16-19H2,1-4H3,(H,42,48)(H,43,47)(H,45,49)/t20-,22+,29-,40-/m0/s1. The number of ether oxygens (including phenoxy) is 2. The maximum absolute atomic E-state index is 15.3. The Balaban J connectivity index is 1.07. The second kappa shape index (κ2) is 14.4. The van der Waals surface area contributed by atoms with Crippen LogP contribution in [0.3, 0.4) is 0 Å². The number of hydrogen-bond donors (Lipinski definition) is 4. The number of aliphatic hydroxyl groups is 1. The SMILES string of the molecule is CC[C@@]1(O)C(=O)OCc2c1cc1n(c2=O)Cc2c-1nc1cc(F)c(C)c3c1c2[C@@H](NC(=O)[C@@H](C)OCNC(=O)CNC(=O)[C@@H](C)Cc1ccccc1)CC3. The first-order valence-electron chi connectivity index (χ1n) is 18.1. The molecule has 13 nitrogen and oxygen atoms in total. The summed E-state index contributed by atoms with van der Waals surface area (Å²) in [5, 5.41) is 20.3. The minimum Gasteiger partial charge on any atom is -0.458 e. The van der Waals surface area contributed by atoms with E-state index in [9.17, 15) is 29.1 Å². The Morgan fingerprint density at radius 2 is 1.85 bits per heavy atom. The van der Waals surface area contributed by atoms with Crippen LogP contribution in [0.4, 0.5) is 4.39 Å². The molecule has 282 valence electrons. The molecule has 0 saturated carbocycles. The number of benzene rings is 2. The summed E-state index contributed by atoms with van der Waals surface area (Å²) in [6.45, 7) is 5.98. The average Bonchev–Trinajstić information content (AvgIpc) is 3.53. The summed E-state index contributed by atoms with van der Waals surface area (Å²) in [6, 6.07) is 12.0. The average molecular weight is 740 g/mol. The smallest absolute Gasteiger partial charge is 0.343 e. The molecular formula is C40H42FN5O8. The van der Waals surface area contributed by atoms with Gasteiger partial charge in [0.25, 0.3) is 5.56 Å². The van der Waals surface area contributed by atoms with Gasteiger partial charge in [-0.15, -0.1) is 0 Å². The Hall–Kier alpha value is -5.47. The number of nitrogens with zero attached hydrogens (tertiary/aromatic N) is 2. The number of aromatic nitrogens is 2. The summed E-state index contributed by atoms with van der Waals surface area (Å²) in [4.78, 5) is 69.9. The van der Waals surface area contributed by atoms with E-state index in [1.54, 1.807) is 33.8 Å². The fourth-order valence-corrected chi connectivity index (χ4v) is 7.78. The van der Waals surface area contributed by atoms with Gasteiger partial charge in [-0.1, -0.05) is 44.2 Å². The van der Waals surface area contributed by atoms with Crippen LogP contribution in [0.1, 0.15) is 78.6 Å². The zero-order valence-corrected chi connectivity index (χ0v) is 30.5. The number of aryl methyl sites for hydroxylation is 1. The predicted octanol–water partition coefficient (Wildman–Crippen LogP) is 3.10. The molecule has 2 aromatic carbocycles. The van der Waals surface area contributed by atoms with Gasteiger partial charge in [-0.3, -0.25) is 19.2 Å². The molecule has 14 heteroatoms. The number of pyridine rings is 2. The molecular weight excluding hydrogens is 697 g/mol. The second-order valence-corrected chi connectivity index (χ2v) is 14.3. The number of cyclic esters (lactones) is 1. The summed E-state index contributed by atoms with van der Waals surface area (Å²) in [5.41, 5.74) is 2.71. The van der Waals surface area contributed by atoms with E-state index >= 15 is 4.39 Å². The Bertz CT molecular complexity index is 2270. The Morgan fingerprint density at radius 3 is 2.59 bits per heavy atom. The summed E-state index contributed by atoms with van der Waals surface area (Å²) in [7, 11) is 0. The Labute approximate surface area is 310 Å². The highest BCUT2D eigenvalue weighted by atomic mass is 19.1. The number of carbonyl (C=O) groups is 4. The van der Waals surface area contributed by atoms with Crippen molar-refractivity contribution in [1.82, 2.24) is 25.5 Å². The van der Waals surface area contributed by atoms with Gasteiger partial charge in [0.15, 0.2) is 5.60 Å². The number of hydrogen-bond acceptors (Lipinski definition) is 9. The van der Waals surface area contributed by atoms with E-state index < -0.39 is 46.9 Å². The quantitative estimate of drug-likeness (QED) is 0.117. The van der Waals surface area contributed by atoms with Crippen LogP contribution in [-0.4, -0.2) is 57.7 Å². The maximum atomic E-state index is 15.3. The Morgan fingerprint density at radius 1 is 1.09 bits per heavy atom. The van der Waals surface area contributed by atoms with Crippen molar-refractivity contribution < 1.29 is 38.1 Å². The topological polar surface area (TPSA) is 178 Å². The number of amides is 3. The van der Waals surface area contributed by atoms with Crippen molar-refractivity contribution in [2.75, 3.05) is 13.3 Å². The predicted molar refractivity (Wildman–Crippen MR) is 194 cm³/mol. The summed E-state index contributed by atoms with van der Waals surface area (Å²) in [6.07, 6.45) is 0.434. The van der Waals surface area contributed by atoms with Crippen LogP contribution < -0.4 is 21.5 Å². The molecule has 0 saturated heterocycles. The van der Waals surface area contributed by atoms with E-state index in [1.165, 1.54) is 10.6 Å². The van der Waals surface area contributed by atoms with Gasteiger partial charge in [0, 0.05) is 28.5 Å². The van der Waals surface area contributed by atoms with Gasteiger partial charge in [-0.2, -0.15) is 0 Å². The number of halogens is 1. The first-order valence-corrected chi connectivity index (χ1v) is 18.1. The first kappa shape index (κ1) is 36.9. The van der Waals surface area contributed by atoms with Crippen molar-refractivity contribution in [2.45, 2.75) is 84.3 Å². The third-order valence-corrected chi connectivity index (χ3v) is 10.9. The van der Waals surface area contributed by atoms with Crippen LogP contribution in [0.2, 0.25) is 0 Å². The minimum absolute atomic E-state index is 0.0120. The number of fused-ring (bicyclic) bond motifs is 5. The van der Waals surface area contributed by atoms with Gasteiger partial charge in [-0.05, 0) is 67.9 Å². The van der Waals surface area contributed by atoms with Gasteiger partial charge in [0.05, 0.1) is 41.6 Å². The zero-order chi connectivity index (χ0) is 38.5. The zero-order valence-electron chi connectivity index (χ0n) is 30.5. The van der Waals surface area contributed by atoms with Crippen LogP contribution in [0.25, 0.3) is 22.3 Å². The highest BCUT2D eigenvalue weighted by molar-refractivity contribution is 5.94. The van der Waals surface area contributed by atoms with Crippen LogP contribution in [-0.2, 0) is 60.2 Å². The number of nitrogens with one attached hydrogen (secondary N) is 3. The number of rotatable bonds is 11. The molecule has 0 fully saturated rings. The molecule has 7 rings (SSSR count). The van der Waals surface area contributed by atoms with E-state index in [2.05, 4.69) is 16.0 Å². The summed E-state index contributed by atoms with van der Waals surface area (Å²) in [5.74, 6) is -2.78. The van der Waals surface area contributed by atoms with Crippen LogP contribution in [0.5, 0.6) is 0 Å². The van der Waals surface area contributed by atoms with Crippen molar-refractivity contribution in [1.29, 1.82) is 0 Å². The van der Waals surface area contributed by atoms with Crippen LogP contribution in [0, 0.1) is 18.7 Å². The van der Waals surface area contributed by atoms with E-state index in [-0.39, 0.29) is 55.8 Å². The van der Waals surface area contributed by atoms with Gasteiger partial charge in [-0.25, -0.2) is 14.2 Å². The van der Waals surface area contributed by atoms with Crippen LogP contribution >= 0.6 is 0 Å².